The topological polar surface area (TPSA) is 92.6 Å². The highest BCUT2D eigenvalue weighted by Gasteiger charge is 2.37. The van der Waals surface area contributed by atoms with Crippen LogP contribution in [-0.2, 0) is 0 Å². The lowest BCUT2D eigenvalue weighted by Crippen LogP contribution is -2.41. The Labute approximate surface area is 199 Å². The number of hydrogen-bond acceptors (Lipinski definition) is 5. The van der Waals surface area contributed by atoms with Crippen LogP contribution in [0.5, 0.6) is 0 Å². The minimum atomic E-state index is -0.602. The summed E-state index contributed by atoms with van der Waals surface area (Å²) in [7, 11) is 0. The summed E-state index contributed by atoms with van der Waals surface area (Å²) in [6.45, 7) is 3.73. The van der Waals surface area contributed by atoms with Gasteiger partial charge in [0.15, 0.2) is 0 Å². The van der Waals surface area contributed by atoms with Crippen molar-refractivity contribution in [3.8, 4) is 0 Å². The van der Waals surface area contributed by atoms with Crippen LogP contribution in [0.15, 0.2) is 66.7 Å². The number of nitrogens with zero attached hydrogens (tertiary/aromatic N) is 2. The van der Waals surface area contributed by atoms with Gasteiger partial charge in [0.2, 0.25) is 0 Å². The average molecular weight is 472 g/mol. The van der Waals surface area contributed by atoms with Crippen LogP contribution in [0.3, 0.4) is 0 Å². The number of benzene rings is 4. The number of aryl methyl sites for hydroxylation is 1. The monoisotopic (exact) mass is 471 g/mol. The molecule has 7 nitrogen and oxygen atoms in total. The Hall–Kier alpha value is -4.23. The van der Waals surface area contributed by atoms with Gasteiger partial charge in [-0.1, -0.05) is 48.0 Å². The zero-order chi connectivity index (χ0) is 24.1. The van der Waals surface area contributed by atoms with Crippen molar-refractivity contribution in [3.05, 3.63) is 104 Å². The molecule has 1 N–H and O–H groups in total. The molecule has 1 aliphatic rings. The molecular weight excluding hydrogens is 454 g/mol. The second-order valence-electron chi connectivity index (χ2n) is 8.07. The van der Waals surface area contributed by atoms with Gasteiger partial charge in [0.05, 0.1) is 26.9 Å². The molecule has 0 atom stereocenters. The molecule has 0 saturated heterocycles. The maximum Gasteiger partial charge on any atom is 0.294 e. The lowest BCUT2D eigenvalue weighted by molar-refractivity contribution is -0.383. The summed E-state index contributed by atoms with van der Waals surface area (Å²) in [6, 6.07) is 18.4. The summed E-state index contributed by atoms with van der Waals surface area (Å²) in [5, 5.41) is 16.3. The summed E-state index contributed by atoms with van der Waals surface area (Å²) < 4.78 is 0. The van der Waals surface area contributed by atoms with Crippen LogP contribution in [-0.4, -0.2) is 16.7 Å². The number of nitro benzene ring substituents is 1. The van der Waals surface area contributed by atoms with Crippen LogP contribution >= 0.6 is 11.6 Å². The highest BCUT2D eigenvalue weighted by atomic mass is 35.5. The maximum atomic E-state index is 13.6. The second kappa shape index (κ2) is 7.97. The van der Waals surface area contributed by atoms with Gasteiger partial charge in [0.1, 0.15) is 5.69 Å². The largest absolute Gasteiger partial charge is 0.348 e. The number of para-hydroxylation sites is 1. The average Bonchev–Trinajstić information content (AvgIpc) is 2.82. The van der Waals surface area contributed by atoms with Gasteiger partial charge in [0.25, 0.3) is 17.5 Å². The highest BCUT2D eigenvalue weighted by molar-refractivity contribution is 6.37. The molecule has 0 aromatic heterocycles. The Morgan fingerprint density at radius 2 is 1.62 bits per heavy atom. The molecule has 0 saturated carbocycles. The highest BCUT2D eigenvalue weighted by Crippen LogP contribution is 2.43. The van der Waals surface area contributed by atoms with Crippen molar-refractivity contribution in [2.24, 2.45) is 0 Å². The molecule has 0 bridgehead atoms. The molecule has 0 radical (unpaired) electrons. The van der Waals surface area contributed by atoms with E-state index in [2.05, 4.69) is 5.32 Å². The molecular formula is C26H18ClN3O4. The van der Waals surface area contributed by atoms with Crippen LogP contribution in [0.1, 0.15) is 31.8 Å². The zero-order valence-corrected chi connectivity index (χ0v) is 19.0. The molecule has 1 heterocycles. The van der Waals surface area contributed by atoms with Gasteiger partial charge in [-0.15, -0.1) is 0 Å². The maximum absolute atomic E-state index is 13.6. The molecule has 168 valence electrons. The minimum absolute atomic E-state index is 0.0996. The number of rotatable bonds is 4. The zero-order valence-electron chi connectivity index (χ0n) is 18.3. The fourth-order valence-electron chi connectivity index (χ4n) is 4.32. The second-order valence-corrected chi connectivity index (χ2v) is 8.48. The van der Waals surface area contributed by atoms with Gasteiger partial charge in [0, 0.05) is 22.4 Å². The Morgan fingerprint density at radius 1 is 0.912 bits per heavy atom. The SMILES string of the molecule is Cc1cccc(N2C(=O)c3cccc4c(Nc5ccccc5Cl)c([N+](=O)[O-])cc(c34)C2=O)c1C. The van der Waals surface area contributed by atoms with E-state index < -0.39 is 16.7 Å². The van der Waals surface area contributed by atoms with Crippen molar-refractivity contribution < 1.29 is 14.5 Å². The van der Waals surface area contributed by atoms with E-state index >= 15 is 0 Å². The first kappa shape index (κ1) is 21.6. The van der Waals surface area contributed by atoms with Crippen molar-refractivity contribution in [1.82, 2.24) is 0 Å². The summed E-state index contributed by atoms with van der Waals surface area (Å²) in [5.74, 6) is -1.08. The molecule has 1 aliphatic heterocycles. The lowest BCUT2D eigenvalue weighted by Gasteiger charge is -2.29. The summed E-state index contributed by atoms with van der Waals surface area (Å²) >= 11 is 6.27. The smallest absolute Gasteiger partial charge is 0.294 e. The molecule has 4 aromatic carbocycles. The molecule has 0 fully saturated rings. The van der Waals surface area contributed by atoms with Gasteiger partial charge in [-0.2, -0.15) is 0 Å². The van der Waals surface area contributed by atoms with E-state index in [1.54, 1.807) is 54.6 Å². The molecule has 8 heteroatoms. The molecule has 2 amide bonds. The van der Waals surface area contributed by atoms with Crippen molar-refractivity contribution in [2.45, 2.75) is 13.8 Å². The van der Waals surface area contributed by atoms with E-state index in [1.165, 1.54) is 6.07 Å². The first-order valence-corrected chi connectivity index (χ1v) is 10.9. The first-order valence-electron chi connectivity index (χ1n) is 10.5. The van der Waals surface area contributed by atoms with Crippen LogP contribution in [0.2, 0.25) is 5.02 Å². The number of anilines is 3. The first-order chi connectivity index (χ1) is 16.3. The van der Waals surface area contributed by atoms with Crippen molar-refractivity contribution in [2.75, 3.05) is 10.2 Å². The number of carbonyl (C=O) groups excluding carboxylic acids is 2. The molecule has 5 rings (SSSR count). The number of nitro groups is 1. The van der Waals surface area contributed by atoms with Gasteiger partial charge in [-0.3, -0.25) is 19.7 Å². The Kier molecular flexibility index (Phi) is 5.06. The number of amides is 2. The third kappa shape index (κ3) is 3.21. The lowest BCUT2D eigenvalue weighted by atomic mass is 9.91. The van der Waals surface area contributed by atoms with E-state index in [-0.39, 0.29) is 16.9 Å². The number of halogens is 1. The molecule has 34 heavy (non-hydrogen) atoms. The Bertz CT molecular complexity index is 1550. The van der Waals surface area contributed by atoms with Crippen molar-refractivity contribution in [1.29, 1.82) is 0 Å². The van der Waals surface area contributed by atoms with Crippen LogP contribution < -0.4 is 10.2 Å². The number of imide groups is 1. The molecule has 0 spiro atoms. The number of hydrogen-bond donors (Lipinski definition) is 1. The van der Waals surface area contributed by atoms with Crippen LogP contribution in [0.4, 0.5) is 22.7 Å². The number of carbonyl (C=O) groups is 2. The fraction of sp³-hybridized carbons (Fsp3) is 0.0769. The van der Waals surface area contributed by atoms with Crippen molar-refractivity contribution >= 4 is 56.9 Å². The Morgan fingerprint density at radius 3 is 2.35 bits per heavy atom. The quantitative estimate of drug-likeness (QED) is 0.206. The summed E-state index contributed by atoms with van der Waals surface area (Å²) in [6.07, 6.45) is 0. The van der Waals surface area contributed by atoms with Crippen molar-refractivity contribution in [3.63, 3.8) is 0 Å². The molecule has 4 aromatic rings. The standard InChI is InChI=1S/C26H18ClN3O4/c1-14-7-5-12-21(15(14)2)29-25(31)17-9-6-8-16-23(17)18(26(29)32)13-22(30(33)34)24(16)28-20-11-4-3-10-19(20)27/h3-13,28H,1-2H3. The minimum Gasteiger partial charge on any atom is -0.348 e. The Balaban J connectivity index is 1.78. The van der Waals surface area contributed by atoms with Crippen LogP contribution in [0, 0.1) is 24.0 Å². The van der Waals surface area contributed by atoms with Gasteiger partial charge in [-0.05, 0) is 49.2 Å². The van der Waals surface area contributed by atoms with E-state index in [1.807, 2.05) is 19.9 Å². The van der Waals surface area contributed by atoms with Gasteiger partial charge < -0.3 is 5.32 Å². The van der Waals surface area contributed by atoms with Gasteiger partial charge in [-0.25, -0.2) is 4.90 Å². The predicted octanol–water partition coefficient (Wildman–Crippen LogP) is 6.56. The van der Waals surface area contributed by atoms with Crippen LogP contribution in [0.25, 0.3) is 10.8 Å². The third-order valence-electron chi connectivity index (χ3n) is 6.15. The normalized spacial score (nSPS) is 12.9. The fourth-order valence-corrected chi connectivity index (χ4v) is 4.50. The predicted molar refractivity (Wildman–Crippen MR) is 132 cm³/mol. The van der Waals surface area contributed by atoms with E-state index in [9.17, 15) is 19.7 Å². The molecule has 0 unspecified atom stereocenters. The van der Waals surface area contributed by atoms with Gasteiger partial charge >= 0.3 is 0 Å². The van der Waals surface area contributed by atoms with E-state index in [0.717, 1.165) is 16.0 Å². The number of nitrogens with one attached hydrogen (secondary N) is 1. The summed E-state index contributed by atoms with van der Waals surface area (Å²) in [4.78, 5) is 39.8. The molecule has 0 aliphatic carbocycles. The third-order valence-corrected chi connectivity index (χ3v) is 6.48. The van der Waals surface area contributed by atoms with E-state index in [4.69, 9.17) is 11.6 Å². The summed E-state index contributed by atoms with van der Waals surface area (Å²) in [5.41, 5.74) is 2.91. The van der Waals surface area contributed by atoms with E-state index in [0.29, 0.717) is 32.7 Å².